The largest absolute Gasteiger partial charge is 0.463 e. The van der Waals surface area contributed by atoms with E-state index in [1.165, 1.54) is 0 Å². The molecule has 28 nitrogen and oxygen atoms in total. The number of esters is 12. The van der Waals surface area contributed by atoms with Gasteiger partial charge in [0, 0.05) is 83.1 Å². The fraction of sp³-hybridized carbons (Fsp3) is 0.714. The van der Waals surface area contributed by atoms with Crippen molar-refractivity contribution in [3.8, 4) is 0 Å². The van der Waals surface area contributed by atoms with Crippen molar-refractivity contribution in [3.63, 3.8) is 0 Å². The molecule has 70 heavy (non-hydrogen) atoms. The average molecular weight is 1010 g/mol. The molecule has 2 heterocycles. The van der Waals surface area contributed by atoms with E-state index >= 15 is 0 Å². The third kappa shape index (κ3) is 20.2. The molecule has 0 aromatic carbocycles. The summed E-state index contributed by atoms with van der Waals surface area (Å²) < 4.78 is 88.7. The average Bonchev–Trinajstić information content (AvgIpc) is 3.20. The molecule has 2 aliphatic heterocycles. The Kier molecular flexibility index (Phi) is 24.0. The molecule has 0 spiro atoms. The lowest BCUT2D eigenvalue weighted by atomic mass is 9.97. The maximum absolute atomic E-state index is 12.7. The molecule has 28 heteroatoms. The number of ether oxygens (including phenoxy) is 16. The lowest BCUT2D eigenvalue weighted by molar-refractivity contribution is -0.337. The van der Waals surface area contributed by atoms with Crippen molar-refractivity contribution in [2.45, 2.75) is 169 Å². The Morgan fingerprint density at radius 3 is 0.986 bits per heavy atom. The molecule has 0 bridgehead atoms. The lowest BCUT2D eigenvalue weighted by Gasteiger charge is -2.46. The molecule has 0 aromatic rings. The van der Waals surface area contributed by atoms with Crippen molar-refractivity contribution in [1.29, 1.82) is 0 Å². The van der Waals surface area contributed by atoms with Gasteiger partial charge in [-0.05, 0) is 0 Å². The number of carbonyl (C=O) groups excluding carboxylic acids is 12. The maximum atomic E-state index is 12.7. The summed E-state index contributed by atoms with van der Waals surface area (Å²) in [5, 5.41) is 0. The quantitative estimate of drug-likeness (QED) is 0.0867. The van der Waals surface area contributed by atoms with Crippen LogP contribution < -0.4 is 0 Å². The van der Waals surface area contributed by atoms with Crippen LogP contribution in [0.3, 0.4) is 0 Å². The van der Waals surface area contributed by atoms with Crippen LogP contribution in [-0.2, 0) is 133 Å². The predicted molar refractivity (Wildman–Crippen MR) is 218 cm³/mol. The van der Waals surface area contributed by atoms with Crippen molar-refractivity contribution >= 4 is 71.6 Å². The minimum atomic E-state index is -2.00. The number of carbonyl (C=O) groups is 12. The summed E-state index contributed by atoms with van der Waals surface area (Å²) in [7, 11) is 0. The second kappa shape index (κ2) is 28.2. The van der Waals surface area contributed by atoms with E-state index in [0.717, 1.165) is 83.1 Å². The van der Waals surface area contributed by atoms with E-state index in [2.05, 4.69) is 0 Å². The molecule has 14 atom stereocenters. The van der Waals surface area contributed by atoms with Gasteiger partial charge in [-0.3, -0.25) is 57.5 Å². The molecule has 2 rings (SSSR count). The van der Waals surface area contributed by atoms with Crippen LogP contribution in [0.4, 0.5) is 0 Å². The van der Waals surface area contributed by atoms with Crippen LogP contribution in [0.15, 0.2) is 0 Å². The first-order valence-electron chi connectivity index (χ1n) is 21.1. The van der Waals surface area contributed by atoms with Crippen LogP contribution in [0.5, 0.6) is 0 Å². The number of hydrogen-bond acceptors (Lipinski definition) is 28. The summed E-state index contributed by atoms with van der Waals surface area (Å²) in [5.41, 5.74) is 0. The zero-order valence-corrected chi connectivity index (χ0v) is 40.3. The second-order valence-electron chi connectivity index (χ2n) is 15.2. The number of rotatable bonds is 23. The van der Waals surface area contributed by atoms with Crippen LogP contribution in [-0.4, -0.2) is 184 Å². The van der Waals surface area contributed by atoms with Crippen LogP contribution in [0.25, 0.3) is 0 Å². The van der Waals surface area contributed by atoms with E-state index in [0.29, 0.717) is 0 Å². The highest BCUT2D eigenvalue weighted by atomic mass is 16.8. The zero-order chi connectivity index (χ0) is 53.2. The minimum absolute atomic E-state index is 0.649. The first-order chi connectivity index (χ1) is 32.6. The smallest absolute Gasteiger partial charge is 0.303 e. The predicted octanol–water partition coefficient (Wildman–Crippen LogP) is -1.09. The maximum Gasteiger partial charge on any atom is 0.303 e. The van der Waals surface area contributed by atoms with Crippen LogP contribution >= 0.6 is 0 Å². The topological polar surface area (TPSA) is 353 Å². The standard InChI is InChI=1S/C42H58O28/c1-17(43)55-13-29(59-19(3)45)33(61-21(5)47)34(62-22(6)48)30(60-20(4)46)15-57-41-40(68-28(12)54)38(66-26(10)52)36(64-24(8)50)32(70-41)16-58-42-39(67-27(11)53)37(65-25(9)51)35(63-23(7)49)31(69-42)14-56-18(2)44/h29-42H,13-16H2,1-12H3/t29-,30+,31+,32+,33+,34+,35-,36-,37-,38-,39+,40+,41-,42-/m0/s1. The Morgan fingerprint density at radius 2 is 0.643 bits per heavy atom. The van der Waals surface area contributed by atoms with Gasteiger partial charge < -0.3 is 75.8 Å². The highest BCUT2D eigenvalue weighted by Gasteiger charge is 2.56. The second-order valence-corrected chi connectivity index (χ2v) is 15.2. The first-order valence-corrected chi connectivity index (χ1v) is 21.1. The van der Waals surface area contributed by atoms with Gasteiger partial charge in [-0.2, -0.15) is 0 Å². The van der Waals surface area contributed by atoms with E-state index in [4.69, 9.17) is 75.8 Å². The fourth-order valence-electron chi connectivity index (χ4n) is 6.94. The van der Waals surface area contributed by atoms with Crippen molar-refractivity contribution in [2.24, 2.45) is 0 Å². The molecule has 0 amide bonds. The normalized spacial score (nSPS) is 25.5. The van der Waals surface area contributed by atoms with Gasteiger partial charge in [-0.15, -0.1) is 0 Å². The Labute approximate surface area is 399 Å². The van der Waals surface area contributed by atoms with Gasteiger partial charge >= 0.3 is 71.6 Å². The molecule has 0 aliphatic carbocycles. The van der Waals surface area contributed by atoms with Crippen LogP contribution in [0.2, 0.25) is 0 Å². The summed E-state index contributed by atoms with van der Waals surface area (Å²) in [5.74, 6) is -11.9. The van der Waals surface area contributed by atoms with Crippen molar-refractivity contribution in [2.75, 3.05) is 26.4 Å². The fourth-order valence-corrected chi connectivity index (χ4v) is 6.94. The van der Waals surface area contributed by atoms with E-state index < -0.39 is 184 Å². The molecular weight excluding hydrogens is 952 g/mol. The summed E-state index contributed by atoms with van der Waals surface area (Å²) in [4.78, 5) is 149. The summed E-state index contributed by atoms with van der Waals surface area (Å²) >= 11 is 0. The van der Waals surface area contributed by atoms with E-state index in [1.807, 2.05) is 0 Å². The van der Waals surface area contributed by atoms with Gasteiger partial charge in [0.2, 0.25) is 0 Å². The zero-order valence-electron chi connectivity index (χ0n) is 40.3. The van der Waals surface area contributed by atoms with Gasteiger partial charge in [-0.25, -0.2) is 0 Å². The Bertz CT molecular complexity index is 1910. The lowest BCUT2D eigenvalue weighted by Crippen LogP contribution is -2.65. The summed E-state index contributed by atoms with van der Waals surface area (Å²) in [6.45, 7) is 8.24. The Morgan fingerprint density at radius 1 is 0.329 bits per heavy atom. The minimum Gasteiger partial charge on any atom is -0.463 e. The molecule has 394 valence electrons. The van der Waals surface area contributed by atoms with Crippen LogP contribution in [0, 0.1) is 0 Å². The first kappa shape index (κ1) is 59.6. The van der Waals surface area contributed by atoms with Gasteiger partial charge in [0.25, 0.3) is 0 Å². The Hall–Kier alpha value is -6.52. The molecular formula is C42H58O28. The highest BCUT2D eigenvalue weighted by molar-refractivity contribution is 5.71. The summed E-state index contributed by atoms with van der Waals surface area (Å²) in [6, 6.07) is 0. The van der Waals surface area contributed by atoms with E-state index in [9.17, 15) is 57.5 Å². The highest BCUT2D eigenvalue weighted by Crippen LogP contribution is 2.34. The molecule has 0 N–H and O–H groups in total. The van der Waals surface area contributed by atoms with Gasteiger partial charge in [0.05, 0.1) is 13.2 Å². The SMILES string of the molecule is CC(=O)OC[C@H](OC(C)=O)[C@@H](OC(C)=O)[C@H](OC(C)=O)[C@@H](CO[C@H]1O[C@H](CO[C@H]2O[C@H](COC(C)=O)[C@H](OC(C)=O)[C@H](OC(C)=O)[C@H]2OC(C)=O)[C@H](OC(C)=O)[C@H](OC(C)=O)[C@H]1OC(C)=O)OC(C)=O. The summed E-state index contributed by atoms with van der Waals surface area (Å²) in [6.07, 6.45) is -25.2. The van der Waals surface area contributed by atoms with Gasteiger partial charge in [0.15, 0.2) is 73.6 Å². The van der Waals surface area contributed by atoms with E-state index in [1.54, 1.807) is 0 Å². The molecule has 2 saturated heterocycles. The van der Waals surface area contributed by atoms with Gasteiger partial charge in [-0.1, -0.05) is 0 Å². The molecule has 0 aromatic heterocycles. The molecule has 0 unspecified atom stereocenters. The number of hydrogen-bond donors (Lipinski definition) is 0. The van der Waals surface area contributed by atoms with Gasteiger partial charge in [0.1, 0.15) is 25.4 Å². The monoisotopic (exact) mass is 1010 g/mol. The Balaban J connectivity index is 2.83. The van der Waals surface area contributed by atoms with E-state index in [-0.39, 0.29) is 0 Å². The van der Waals surface area contributed by atoms with Crippen molar-refractivity contribution in [3.05, 3.63) is 0 Å². The molecule has 2 aliphatic rings. The van der Waals surface area contributed by atoms with Crippen LogP contribution in [0.1, 0.15) is 83.1 Å². The van der Waals surface area contributed by atoms with Crippen molar-refractivity contribution < 1.29 is 133 Å². The molecule has 0 saturated carbocycles. The molecule has 2 fully saturated rings. The van der Waals surface area contributed by atoms with Crippen molar-refractivity contribution in [1.82, 2.24) is 0 Å². The third-order valence-corrected chi connectivity index (χ3v) is 9.04. The third-order valence-electron chi connectivity index (χ3n) is 9.04. The molecule has 0 radical (unpaired) electrons.